The normalized spacial score (nSPS) is 10.4. The molecular formula is C10H7IO2S. The standard InChI is InChI=1S/C10H7IO2S/c1-13-9-5-14-10-3-8(11)6(4-12)2-7(9)10/h2-5H,1H3. The molecule has 0 amide bonds. The summed E-state index contributed by atoms with van der Waals surface area (Å²) in [6.07, 6.45) is 0.873. The maximum atomic E-state index is 10.8. The number of halogens is 1. The SMILES string of the molecule is COc1csc2cc(I)c(C=O)cc12. The Bertz CT molecular complexity index is 490. The Morgan fingerprint density at radius 1 is 1.50 bits per heavy atom. The number of hydrogen-bond donors (Lipinski definition) is 0. The summed E-state index contributed by atoms with van der Waals surface area (Å²) < 4.78 is 7.33. The molecule has 0 saturated heterocycles. The first-order valence-corrected chi connectivity index (χ1v) is 5.92. The molecule has 0 fully saturated rings. The van der Waals surface area contributed by atoms with Crippen LogP contribution in [0.1, 0.15) is 10.4 Å². The fourth-order valence-corrected chi connectivity index (χ4v) is 3.03. The van der Waals surface area contributed by atoms with Crippen molar-refractivity contribution in [3.05, 3.63) is 26.6 Å². The molecule has 2 aromatic rings. The molecule has 0 radical (unpaired) electrons. The molecule has 14 heavy (non-hydrogen) atoms. The molecule has 0 aliphatic heterocycles. The summed E-state index contributed by atoms with van der Waals surface area (Å²) in [6, 6.07) is 3.88. The number of thiophene rings is 1. The monoisotopic (exact) mass is 318 g/mol. The van der Waals surface area contributed by atoms with E-state index in [4.69, 9.17) is 4.74 Å². The number of rotatable bonds is 2. The van der Waals surface area contributed by atoms with Crippen LogP contribution in [-0.4, -0.2) is 13.4 Å². The van der Waals surface area contributed by atoms with Gasteiger partial charge >= 0.3 is 0 Å². The third-order valence-corrected chi connectivity index (χ3v) is 3.86. The third-order valence-electron chi connectivity index (χ3n) is 2.00. The predicted molar refractivity (Wildman–Crippen MR) is 66.5 cm³/mol. The Morgan fingerprint density at radius 3 is 2.93 bits per heavy atom. The molecule has 0 bridgehead atoms. The molecule has 0 saturated carbocycles. The number of carbonyl (C=O) groups is 1. The van der Waals surface area contributed by atoms with Gasteiger partial charge in [-0.15, -0.1) is 11.3 Å². The second-order valence-corrected chi connectivity index (χ2v) is 4.87. The molecule has 0 aliphatic rings. The fraction of sp³-hybridized carbons (Fsp3) is 0.100. The minimum Gasteiger partial charge on any atom is -0.495 e. The van der Waals surface area contributed by atoms with E-state index in [2.05, 4.69) is 22.6 Å². The van der Waals surface area contributed by atoms with Crippen LogP contribution >= 0.6 is 33.9 Å². The summed E-state index contributed by atoms with van der Waals surface area (Å²) in [5.41, 5.74) is 0.717. The highest BCUT2D eigenvalue weighted by molar-refractivity contribution is 14.1. The second-order valence-electron chi connectivity index (χ2n) is 2.79. The Labute approximate surface area is 99.0 Å². The van der Waals surface area contributed by atoms with E-state index in [0.717, 1.165) is 31.3 Å². The van der Waals surface area contributed by atoms with E-state index in [1.54, 1.807) is 18.4 Å². The van der Waals surface area contributed by atoms with E-state index < -0.39 is 0 Å². The minimum atomic E-state index is 0.717. The van der Waals surface area contributed by atoms with E-state index in [1.807, 2.05) is 17.5 Å². The smallest absolute Gasteiger partial charge is 0.151 e. The second kappa shape index (κ2) is 3.86. The summed E-state index contributed by atoms with van der Waals surface area (Å²) >= 11 is 3.79. The molecular weight excluding hydrogens is 311 g/mol. The van der Waals surface area contributed by atoms with Gasteiger partial charge in [0.05, 0.1) is 7.11 Å². The molecule has 2 rings (SSSR count). The lowest BCUT2D eigenvalue weighted by Crippen LogP contribution is -1.86. The molecule has 0 atom stereocenters. The van der Waals surface area contributed by atoms with Gasteiger partial charge in [-0.05, 0) is 34.7 Å². The van der Waals surface area contributed by atoms with Crippen molar-refractivity contribution in [1.82, 2.24) is 0 Å². The molecule has 0 unspecified atom stereocenters. The molecule has 1 aromatic carbocycles. The summed E-state index contributed by atoms with van der Waals surface area (Å²) in [6.45, 7) is 0. The van der Waals surface area contributed by atoms with Gasteiger partial charge in [0.25, 0.3) is 0 Å². The van der Waals surface area contributed by atoms with Gasteiger partial charge in [0.15, 0.2) is 6.29 Å². The topological polar surface area (TPSA) is 26.3 Å². The van der Waals surface area contributed by atoms with Gasteiger partial charge in [-0.1, -0.05) is 0 Å². The van der Waals surface area contributed by atoms with Crippen molar-refractivity contribution < 1.29 is 9.53 Å². The van der Waals surface area contributed by atoms with Crippen molar-refractivity contribution in [3.8, 4) is 5.75 Å². The number of benzene rings is 1. The highest BCUT2D eigenvalue weighted by Gasteiger charge is 2.07. The van der Waals surface area contributed by atoms with Crippen molar-refractivity contribution in [2.45, 2.75) is 0 Å². The summed E-state index contributed by atoms with van der Waals surface area (Å²) in [4.78, 5) is 10.8. The van der Waals surface area contributed by atoms with Crippen LogP contribution in [0, 0.1) is 3.57 Å². The lowest BCUT2D eigenvalue weighted by Gasteiger charge is -1.99. The van der Waals surface area contributed by atoms with E-state index in [0.29, 0.717) is 0 Å². The first-order chi connectivity index (χ1) is 6.76. The van der Waals surface area contributed by atoms with Gasteiger partial charge in [-0.3, -0.25) is 4.79 Å². The Hall–Kier alpha value is -0.620. The lowest BCUT2D eigenvalue weighted by molar-refractivity contribution is 0.112. The largest absolute Gasteiger partial charge is 0.495 e. The van der Waals surface area contributed by atoms with Crippen LogP contribution in [0.25, 0.3) is 10.1 Å². The lowest BCUT2D eigenvalue weighted by atomic mass is 10.2. The molecule has 1 heterocycles. The average molecular weight is 318 g/mol. The van der Waals surface area contributed by atoms with Crippen molar-refractivity contribution >= 4 is 50.3 Å². The first-order valence-electron chi connectivity index (χ1n) is 3.96. The highest BCUT2D eigenvalue weighted by Crippen LogP contribution is 2.34. The molecule has 72 valence electrons. The number of hydrogen-bond acceptors (Lipinski definition) is 3. The average Bonchev–Trinajstić information content (AvgIpc) is 2.58. The Kier molecular flexibility index (Phi) is 2.73. The molecule has 0 N–H and O–H groups in total. The van der Waals surface area contributed by atoms with Crippen molar-refractivity contribution in [2.24, 2.45) is 0 Å². The van der Waals surface area contributed by atoms with Crippen LogP contribution in [-0.2, 0) is 0 Å². The van der Waals surface area contributed by atoms with Gasteiger partial charge in [-0.2, -0.15) is 0 Å². The van der Waals surface area contributed by atoms with Crippen LogP contribution < -0.4 is 4.74 Å². The van der Waals surface area contributed by atoms with E-state index in [-0.39, 0.29) is 0 Å². The molecule has 0 aliphatic carbocycles. The van der Waals surface area contributed by atoms with Crippen LogP contribution in [0.15, 0.2) is 17.5 Å². The third kappa shape index (κ3) is 1.52. The molecule has 0 spiro atoms. The van der Waals surface area contributed by atoms with Gasteiger partial charge < -0.3 is 4.74 Å². The van der Waals surface area contributed by atoms with Crippen molar-refractivity contribution in [3.63, 3.8) is 0 Å². The van der Waals surface area contributed by atoms with Gasteiger partial charge in [-0.25, -0.2) is 0 Å². The van der Waals surface area contributed by atoms with Crippen molar-refractivity contribution in [1.29, 1.82) is 0 Å². The zero-order valence-electron chi connectivity index (χ0n) is 7.41. The quantitative estimate of drug-likeness (QED) is 0.627. The maximum absolute atomic E-state index is 10.8. The number of methoxy groups -OCH3 is 1. The van der Waals surface area contributed by atoms with Crippen LogP contribution in [0.3, 0.4) is 0 Å². The predicted octanol–water partition coefficient (Wildman–Crippen LogP) is 3.33. The Morgan fingerprint density at radius 2 is 2.29 bits per heavy atom. The minimum absolute atomic E-state index is 0.717. The van der Waals surface area contributed by atoms with Gasteiger partial charge in [0.1, 0.15) is 5.75 Å². The first kappa shape index (κ1) is 9.92. The molecule has 2 nitrogen and oxygen atoms in total. The zero-order chi connectivity index (χ0) is 10.1. The molecule has 4 heteroatoms. The van der Waals surface area contributed by atoms with E-state index in [1.165, 1.54) is 0 Å². The Balaban J connectivity index is 2.76. The van der Waals surface area contributed by atoms with Gasteiger partial charge in [0, 0.05) is 24.6 Å². The molecule has 1 aromatic heterocycles. The number of fused-ring (bicyclic) bond motifs is 1. The van der Waals surface area contributed by atoms with E-state index >= 15 is 0 Å². The summed E-state index contributed by atoms with van der Waals surface area (Å²) in [7, 11) is 1.64. The summed E-state index contributed by atoms with van der Waals surface area (Å²) in [5.74, 6) is 0.838. The highest BCUT2D eigenvalue weighted by atomic mass is 127. The van der Waals surface area contributed by atoms with E-state index in [9.17, 15) is 4.79 Å². The zero-order valence-corrected chi connectivity index (χ0v) is 10.4. The van der Waals surface area contributed by atoms with Crippen LogP contribution in [0.2, 0.25) is 0 Å². The van der Waals surface area contributed by atoms with Gasteiger partial charge in [0.2, 0.25) is 0 Å². The number of carbonyl (C=O) groups excluding carboxylic acids is 1. The number of ether oxygens (including phenoxy) is 1. The van der Waals surface area contributed by atoms with Crippen molar-refractivity contribution in [2.75, 3.05) is 7.11 Å². The maximum Gasteiger partial charge on any atom is 0.151 e. The van der Waals surface area contributed by atoms with Crippen LogP contribution in [0.4, 0.5) is 0 Å². The summed E-state index contributed by atoms with van der Waals surface area (Å²) in [5, 5.41) is 2.97. The number of aldehydes is 1. The van der Waals surface area contributed by atoms with Crippen LogP contribution in [0.5, 0.6) is 5.75 Å². The fourth-order valence-electron chi connectivity index (χ4n) is 1.29.